The van der Waals surface area contributed by atoms with E-state index >= 15 is 0 Å². The van der Waals surface area contributed by atoms with E-state index < -0.39 is 17.4 Å². The maximum Gasteiger partial charge on any atom is 0.433 e. The quantitative estimate of drug-likeness (QED) is 0.679. The van der Waals surface area contributed by atoms with E-state index in [4.69, 9.17) is 23.2 Å². The average molecular weight is 383 g/mol. The number of nitrogens with zero attached hydrogens (tertiary/aromatic N) is 4. The molecule has 0 unspecified atom stereocenters. The Balaban J connectivity index is 2.08. The van der Waals surface area contributed by atoms with Crippen molar-refractivity contribution in [3.63, 3.8) is 0 Å². The van der Waals surface area contributed by atoms with Crippen LogP contribution >= 0.6 is 34.5 Å². The van der Waals surface area contributed by atoms with Crippen LogP contribution in [0, 0.1) is 6.92 Å². The number of aryl methyl sites for hydroxylation is 1. The fraction of sp³-hybridized carbons (Fsp3) is 0.250. The summed E-state index contributed by atoms with van der Waals surface area (Å²) in [7, 11) is 0. The Kier molecular flexibility index (Phi) is 3.89. The van der Waals surface area contributed by atoms with Crippen LogP contribution in [0.3, 0.4) is 0 Å². The summed E-state index contributed by atoms with van der Waals surface area (Å²) in [5.74, 6) is 0. The van der Waals surface area contributed by atoms with Gasteiger partial charge in [-0.2, -0.15) is 18.3 Å². The summed E-state index contributed by atoms with van der Waals surface area (Å²) in [6, 6.07) is 1.85. The van der Waals surface area contributed by atoms with Gasteiger partial charge in [-0.05, 0) is 6.92 Å². The molecule has 0 saturated carbocycles. The van der Waals surface area contributed by atoms with Gasteiger partial charge in [0.2, 0.25) is 0 Å². The van der Waals surface area contributed by atoms with Gasteiger partial charge in [0.1, 0.15) is 10.8 Å². The third-order valence-corrected chi connectivity index (χ3v) is 4.73. The number of rotatable bonds is 2. The molecule has 122 valence electrons. The van der Waals surface area contributed by atoms with Gasteiger partial charge in [-0.15, -0.1) is 0 Å². The molecule has 0 amide bonds. The highest BCUT2D eigenvalue weighted by Gasteiger charge is 2.35. The highest BCUT2D eigenvalue weighted by Crippen LogP contribution is 2.31. The van der Waals surface area contributed by atoms with Crippen molar-refractivity contribution in [1.29, 1.82) is 0 Å². The maximum atomic E-state index is 12.9. The summed E-state index contributed by atoms with van der Waals surface area (Å²) < 4.78 is 40.7. The van der Waals surface area contributed by atoms with Gasteiger partial charge in [0.15, 0.2) is 10.1 Å². The van der Waals surface area contributed by atoms with E-state index in [0.717, 1.165) is 12.1 Å². The van der Waals surface area contributed by atoms with Crippen molar-refractivity contribution in [2.45, 2.75) is 19.6 Å². The lowest BCUT2D eigenvalue weighted by atomic mass is 10.3. The van der Waals surface area contributed by atoms with Gasteiger partial charge in [0, 0.05) is 17.0 Å². The Morgan fingerprint density at radius 3 is 2.65 bits per heavy atom. The van der Waals surface area contributed by atoms with Crippen LogP contribution in [0.1, 0.15) is 16.3 Å². The number of halogens is 5. The summed E-state index contributed by atoms with van der Waals surface area (Å²) in [5, 5.41) is 3.55. The summed E-state index contributed by atoms with van der Waals surface area (Å²) in [4.78, 5) is 17.2. The molecular weight excluding hydrogens is 376 g/mol. The molecule has 0 aliphatic carbocycles. The van der Waals surface area contributed by atoms with Gasteiger partial charge in [0.05, 0.1) is 12.2 Å². The van der Waals surface area contributed by atoms with Crippen molar-refractivity contribution in [2.75, 3.05) is 0 Å². The van der Waals surface area contributed by atoms with E-state index in [1.54, 1.807) is 6.92 Å². The van der Waals surface area contributed by atoms with Crippen LogP contribution in [-0.2, 0) is 12.7 Å². The van der Waals surface area contributed by atoms with Crippen molar-refractivity contribution in [2.24, 2.45) is 0 Å². The van der Waals surface area contributed by atoms with Gasteiger partial charge < -0.3 is 0 Å². The molecule has 0 fully saturated rings. The molecule has 5 nitrogen and oxygen atoms in total. The first-order valence-corrected chi connectivity index (χ1v) is 7.72. The van der Waals surface area contributed by atoms with Crippen molar-refractivity contribution in [1.82, 2.24) is 19.2 Å². The third-order valence-electron chi connectivity index (χ3n) is 3.02. The van der Waals surface area contributed by atoms with E-state index in [0.29, 0.717) is 14.5 Å². The van der Waals surface area contributed by atoms with E-state index in [9.17, 15) is 18.0 Å². The lowest BCUT2D eigenvalue weighted by Crippen LogP contribution is -2.19. The number of hydrogen-bond donors (Lipinski definition) is 0. The Hall–Kier alpha value is -1.58. The van der Waals surface area contributed by atoms with Gasteiger partial charge in [-0.1, -0.05) is 34.5 Å². The Morgan fingerprint density at radius 1 is 1.30 bits per heavy atom. The predicted molar refractivity (Wildman–Crippen MR) is 80.4 cm³/mol. The van der Waals surface area contributed by atoms with E-state index in [1.807, 2.05) is 0 Å². The van der Waals surface area contributed by atoms with Crippen LogP contribution in [0.4, 0.5) is 13.2 Å². The van der Waals surface area contributed by atoms with Crippen LogP contribution < -0.4 is 5.56 Å². The second kappa shape index (κ2) is 5.50. The summed E-state index contributed by atoms with van der Waals surface area (Å²) in [6.45, 7) is 1.39. The van der Waals surface area contributed by atoms with E-state index in [2.05, 4.69) is 10.1 Å². The fourth-order valence-electron chi connectivity index (χ4n) is 2.06. The van der Waals surface area contributed by atoms with Crippen molar-refractivity contribution in [3.8, 4) is 0 Å². The van der Waals surface area contributed by atoms with Crippen molar-refractivity contribution >= 4 is 39.5 Å². The zero-order chi connectivity index (χ0) is 16.9. The number of aromatic nitrogens is 4. The van der Waals surface area contributed by atoms with Crippen LogP contribution in [-0.4, -0.2) is 19.2 Å². The summed E-state index contributed by atoms with van der Waals surface area (Å²) in [5.41, 5.74) is -1.34. The second-order valence-corrected chi connectivity index (χ2v) is 6.59. The molecule has 0 aromatic carbocycles. The molecule has 3 aromatic heterocycles. The molecule has 3 aromatic rings. The maximum absolute atomic E-state index is 12.9. The third kappa shape index (κ3) is 2.96. The minimum Gasteiger partial charge on any atom is -0.269 e. The lowest BCUT2D eigenvalue weighted by Gasteiger charge is -2.09. The molecule has 0 N–H and O–H groups in total. The van der Waals surface area contributed by atoms with Crippen LogP contribution in [0.15, 0.2) is 16.9 Å². The average Bonchev–Trinajstić information content (AvgIpc) is 2.91. The molecule has 0 aliphatic rings. The molecule has 3 heterocycles. The zero-order valence-corrected chi connectivity index (χ0v) is 13.7. The Morgan fingerprint density at radius 2 is 2.00 bits per heavy atom. The SMILES string of the molecule is Cc1sc2nc(Cn3nc(Cl)cc3C(F)(F)F)cc(=O)n2c1Cl. The highest BCUT2D eigenvalue weighted by molar-refractivity contribution is 7.17. The number of thiazole rings is 1. The number of fused-ring (bicyclic) bond motifs is 1. The fourth-order valence-corrected chi connectivity index (χ4v) is 3.47. The smallest absolute Gasteiger partial charge is 0.269 e. The lowest BCUT2D eigenvalue weighted by molar-refractivity contribution is -0.144. The molecule has 23 heavy (non-hydrogen) atoms. The first-order valence-electron chi connectivity index (χ1n) is 6.15. The van der Waals surface area contributed by atoms with E-state index in [1.165, 1.54) is 15.7 Å². The second-order valence-electron chi connectivity index (χ2n) is 4.66. The molecule has 0 bridgehead atoms. The molecule has 0 aliphatic heterocycles. The Labute approximate surface area is 140 Å². The molecular formula is C12H7Cl2F3N4OS. The monoisotopic (exact) mass is 382 g/mol. The van der Waals surface area contributed by atoms with Gasteiger partial charge in [0.25, 0.3) is 5.56 Å². The standard InChI is InChI=1S/C12H7Cl2F3N4OS/c1-5-10(14)21-9(22)2-6(18-11(21)23-5)4-20-7(12(15,16)17)3-8(13)19-20/h2-3H,4H2,1H3. The van der Waals surface area contributed by atoms with Gasteiger partial charge in [-0.25, -0.2) is 9.38 Å². The largest absolute Gasteiger partial charge is 0.433 e. The van der Waals surface area contributed by atoms with Crippen LogP contribution in [0.5, 0.6) is 0 Å². The molecule has 3 rings (SSSR count). The first-order chi connectivity index (χ1) is 10.7. The Bertz CT molecular complexity index is 960. The minimum atomic E-state index is -4.61. The topological polar surface area (TPSA) is 52.2 Å². The molecule has 0 atom stereocenters. The van der Waals surface area contributed by atoms with Crippen molar-refractivity contribution < 1.29 is 13.2 Å². The van der Waals surface area contributed by atoms with E-state index in [-0.39, 0.29) is 22.5 Å². The van der Waals surface area contributed by atoms with Crippen LogP contribution in [0.2, 0.25) is 10.3 Å². The molecule has 0 radical (unpaired) electrons. The highest BCUT2D eigenvalue weighted by atomic mass is 35.5. The van der Waals surface area contributed by atoms with Gasteiger partial charge >= 0.3 is 6.18 Å². The number of hydrogen-bond acceptors (Lipinski definition) is 4. The van der Waals surface area contributed by atoms with Crippen LogP contribution in [0.25, 0.3) is 4.96 Å². The first kappa shape index (κ1) is 16.3. The normalized spacial score (nSPS) is 12.3. The molecule has 11 heteroatoms. The molecule has 0 spiro atoms. The van der Waals surface area contributed by atoms with Gasteiger partial charge in [-0.3, -0.25) is 9.48 Å². The number of alkyl halides is 3. The minimum absolute atomic E-state index is 0.137. The predicted octanol–water partition coefficient (Wildman–Crippen LogP) is 3.63. The summed E-state index contributed by atoms with van der Waals surface area (Å²) >= 11 is 12.7. The zero-order valence-electron chi connectivity index (χ0n) is 11.4. The molecule has 0 saturated heterocycles. The summed E-state index contributed by atoms with van der Waals surface area (Å²) in [6.07, 6.45) is -4.61. The van der Waals surface area contributed by atoms with Crippen molar-refractivity contribution in [3.05, 3.63) is 49.1 Å².